The van der Waals surface area contributed by atoms with Gasteiger partial charge in [-0.1, -0.05) is 30.3 Å². The number of thioether (sulfide) groups is 1. The third-order valence-electron chi connectivity index (χ3n) is 2.80. The van der Waals surface area contributed by atoms with Crippen LogP contribution in [0.5, 0.6) is 5.75 Å². The van der Waals surface area contributed by atoms with Gasteiger partial charge in [-0.3, -0.25) is 4.79 Å². The van der Waals surface area contributed by atoms with Crippen molar-refractivity contribution < 1.29 is 14.6 Å². The van der Waals surface area contributed by atoms with Crippen molar-refractivity contribution >= 4 is 16.9 Å². The fraction of sp³-hybridized carbons (Fsp3) is 0.0714. The summed E-state index contributed by atoms with van der Waals surface area (Å²) in [5, 5.41) is 12.2. The summed E-state index contributed by atoms with van der Waals surface area (Å²) in [7, 11) is 0. The molecule has 1 atom stereocenters. The zero-order chi connectivity index (χ0) is 12.5. The standard InChI is InChI=1S/C14H10O3S/c15-13-11-8-4-5-9-12(11)17(16)14(18-13)10-6-2-1-3-7-10/h1-9,14H. The fourth-order valence-corrected chi connectivity index (χ4v) is 2.91. The molecule has 3 nitrogen and oxygen atoms in total. The lowest BCUT2D eigenvalue weighted by atomic mass is 10.2. The van der Waals surface area contributed by atoms with Crippen molar-refractivity contribution in [2.75, 3.05) is 0 Å². The van der Waals surface area contributed by atoms with Crippen molar-refractivity contribution in [3.63, 3.8) is 0 Å². The molecule has 0 spiro atoms. The van der Waals surface area contributed by atoms with Gasteiger partial charge in [-0.15, -0.1) is 0 Å². The minimum absolute atomic E-state index is 0.0703. The van der Waals surface area contributed by atoms with E-state index in [0.717, 1.165) is 17.3 Å². The Morgan fingerprint density at radius 2 is 1.67 bits per heavy atom. The van der Waals surface area contributed by atoms with Crippen LogP contribution in [0.4, 0.5) is 0 Å². The topological polar surface area (TPSA) is 42.8 Å². The van der Waals surface area contributed by atoms with E-state index in [4.69, 9.17) is 0 Å². The maximum absolute atomic E-state index is 12.2. The molecule has 1 heterocycles. The van der Waals surface area contributed by atoms with E-state index in [0.29, 0.717) is 11.3 Å². The van der Waals surface area contributed by atoms with Crippen LogP contribution in [0, 0.1) is 0 Å². The second-order valence-electron chi connectivity index (χ2n) is 3.94. The number of fused-ring (bicyclic) bond motifs is 1. The number of benzene rings is 2. The smallest absolute Gasteiger partial charge is 0.278 e. The molecule has 1 aliphatic rings. The Labute approximate surface area is 109 Å². The largest absolute Gasteiger partial charge is 0.551 e. The molecular weight excluding hydrogens is 248 g/mol. The van der Waals surface area contributed by atoms with Gasteiger partial charge in [0.15, 0.2) is 0 Å². The SMILES string of the molecule is O=C1SC(c2ccccc2)[O+]([O-])c2ccccc21. The molecule has 0 bridgehead atoms. The number of carbonyl (C=O) groups excluding carboxylic acids is 1. The fourth-order valence-electron chi connectivity index (χ4n) is 1.93. The monoisotopic (exact) mass is 258 g/mol. The summed E-state index contributed by atoms with van der Waals surface area (Å²) < 4.78 is 1.81. The van der Waals surface area contributed by atoms with Crippen LogP contribution in [0.1, 0.15) is 21.4 Å². The molecule has 1 aliphatic heterocycles. The van der Waals surface area contributed by atoms with Crippen molar-refractivity contribution in [3.8, 4) is 5.75 Å². The summed E-state index contributed by atoms with van der Waals surface area (Å²) in [5.41, 5.74) is 0.689. The van der Waals surface area contributed by atoms with Crippen molar-refractivity contribution in [2.24, 2.45) is 0 Å². The van der Waals surface area contributed by atoms with Gasteiger partial charge in [-0.05, 0) is 18.2 Å². The van der Waals surface area contributed by atoms with E-state index >= 15 is 0 Å². The summed E-state index contributed by atoms with van der Waals surface area (Å²) in [4.78, 5) is 12.0. The molecule has 0 amide bonds. The van der Waals surface area contributed by atoms with Gasteiger partial charge in [0.05, 0.1) is 5.56 Å². The molecular formula is C14H10O3S. The zero-order valence-electron chi connectivity index (χ0n) is 9.41. The Hall–Kier alpha value is -1.78. The van der Waals surface area contributed by atoms with E-state index in [-0.39, 0.29) is 5.12 Å². The molecule has 0 radical (unpaired) electrons. The summed E-state index contributed by atoms with van der Waals surface area (Å²) in [6.07, 6.45) is 0. The Kier molecular flexibility index (Phi) is 2.81. The van der Waals surface area contributed by atoms with Gasteiger partial charge in [0.1, 0.15) is 5.56 Å². The molecule has 0 saturated heterocycles. The van der Waals surface area contributed by atoms with Gasteiger partial charge < -0.3 is 9.78 Å². The maximum atomic E-state index is 12.2. The molecule has 0 fully saturated rings. The molecule has 0 N–H and O–H groups in total. The zero-order valence-corrected chi connectivity index (χ0v) is 10.2. The van der Waals surface area contributed by atoms with Gasteiger partial charge in [-0.2, -0.15) is 0 Å². The highest BCUT2D eigenvalue weighted by Crippen LogP contribution is 2.47. The Morgan fingerprint density at radius 1 is 1.00 bits per heavy atom. The van der Waals surface area contributed by atoms with Crippen LogP contribution in [-0.2, 0) is 4.52 Å². The number of rotatable bonds is 1. The highest BCUT2D eigenvalue weighted by atomic mass is 32.2. The predicted octanol–water partition coefficient (Wildman–Crippen LogP) is 2.81. The van der Waals surface area contributed by atoms with E-state index in [1.165, 1.54) is 0 Å². The third kappa shape index (κ3) is 1.79. The van der Waals surface area contributed by atoms with Gasteiger partial charge in [0.2, 0.25) is 5.12 Å². The predicted molar refractivity (Wildman–Crippen MR) is 68.1 cm³/mol. The van der Waals surface area contributed by atoms with Crippen LogP contribution >= 0.6 is 11.8 Å². The third-order valence-corrected chi connectivity index (χ3v) is 3.90. The summed E-state index contributed by atoms with van der Waals surface area (Å²) in [5.74, 6) is 0.370. The second-order valence-corrected chi connectivity index (χ2v) is 4.98. The lowest BCUT2D eigenvalue weighted by Gasteiger charge is -2.36. The molecule has 18 heavy (non-hydrogen) atoms. The van der Waals surface area contributed by atoms with E-state index in [1.54, 1.807) is 24.3 Å². The van der Waals surface area contributed by atoms with E-state index < -0.39 is 5.44 Å². The molecule has 3 rings (SSSR count). The highest BCUT2D eigenvalue weighted by Gasteiger charge is 2.36. The Morgan fingerprint density at radius 3 is 2.44 bits per heavy atom. The molecule has 2 aromatic rings. The molecule has 0 aromatic heterocycles. The van der Waals surface area contributed by atoms with Crippen LogP contribution in [0.2, 0.25) is 0 Å². The summed E-state index contributed by atoms with van der Waals surface area (Å²) in [6, 6.07) is 16.1. The van der Waals surface area contributed by atoms with Gasteiger partial charge in [-0.25, -0.2) is 0 Å². The summed E-state index contributed by atoms with van der Waals surface area (Å²) in [6.45, 7) is 0. The number of hydrogen-bond donors (Lipinski definition) is 0. The lowest BCUT2D eigenvalue weighted by Crippen LogP contribution is -2.29. The van der Waals surface area contributed by atoms with Crippen molar-refractivity contribution in [1.29, 1.82) is 0 Å². The first kappa shape index (κ1) is 11.3. The Balaban J connectivity index is 2.05. The van der Waals surface area contributed by atoms with Crippen LogP contribution in [0.25, 0.3) is 0 Å². The van der Waals surface area contributed by atoms with E-state index in [2.05, 4.69) is 0 Å². The second kappa shape index (κ2) is 4.48. The maximum Gasteiger partial charge on any atom is 0.278 e. The molecule has 4 heteroatoms. The molecule has 2 aromatic carbocycles. The lowest BCUT2D eigenvalue weighted by molar-refractivity contribution is -0.774. The quantitative estimate of drug-likeness (QED) is 0.583. The number of carbonyl (C=O) groups is 1. The molecule has 0 aliphatic carbocycles. The molecule has 1 unspecified atom stereocenters. The van der Waals surface area contributed by atoms with Crippen LogP contribution in [0.15, 0.2) is 54.6 Å². The first-order valence-electron chi connectivity index (χ1n) is 5.53. The van der Waals surface area contributed by atoms with Crippen LogP contribution < -0.4 is 5.26 Å². The van der Waals surface area contributed by atoms with E-state index in [1.807, 2.05) is 34.8 Å². The van der Waals surface area contributed by atoms with Crippen LogP contribution in [0.3, 0.4) is 0 Å². The summed E-state index contributed by atoms with van der Waals surface area (Å²) >= 11 is 1.03. The first-order chi connectivity index (χ1) is 8.77. The van der Waals surface area contributed by atoms with Crippen molar-refractivity contribution in [2.45, 2.75) is 5.44 Å². The van der Waals surface area contributed by atoms with Crippen molar-refractivity contribution in [1.82, 2.24) is 0 Å². The van der Waals surface area contributed by atoms with Gasteiger partial charge in [0, 0.05) is 17.8 Å². The van der Waals surface area contributed by atoms with E-state index in [9.17, 15) is 10.1 Å². The number of para-hydroxylation sites is 1. The average Bonchev–Trinajstić information content (AvgIpc) is 2.44. The normalized spacial score (nSPS) is 18.6. The van der Waals surface area contributed by atoms with Gasteiger partial charge >= 0.3 is 0 Å². The molecule has 0 saturated carbocycles. The van der Waals surface area contributed by atoms with Crippen molar-refractivity contribution in [3.05, 3.63) is 65.7 Å². The Bertz CT molecular complexity index is 583. The minimum Gasteiger partial charge on any atom is -0.551 e. The molecule has 90 valence electrons. The highest BCUT2D eigenvalue weighted by molar-refractivity contribution is 8.14. The van der Waals surface area contributed by atoms with Gasteiger partial charge in [0.25, 0.3) is 11.2 Å². The number of hydrogen-bond acceptors (Lipinski definition) is 3. The average molecular weight is 258 g/mol. The van der Waals surface area contributed by atoms with Crippen LogP contribution in [-0.4, -0.2) is 5.12 Å². The minimum atomic E-state index is -0.575. The first-order valence-corrected chi connectivity index (χ1v) is 6.41.